The molecule has 0 saturated heterocycles. The van der Waals surface area contributed by atoms with E-state index in [-0.39, 0.29) is 5.92 Å². The van der Waals surface area contributed by atoms with Gasteiger partial charge >= 0.3 is 0 Å². The molecule has 0 spiro atoms. The molecule has 1 aliphatic heterocycles. The minimum Gasteiger partial charge on any atom is -0.493 e. The van der Waals surface area contributed by atoms with Gasteiger partial charge in [-0.2, -0.15) is 0 Å². The second-order valence-corrected chi connectivity index (χ2v) is 4.93. The van der Waals surface area contributed by atoms with Crippen LogP contribution in [-0.2, 0) is 16.8 Å². The molecule has 1 aromatic carbocycles. The van der Waals surface area contributed by atoms with Gasteiger partial charge in [-0.3, -0.25) is 0 Å². The van der Waals surface area contributed by atoms with Crippen LogP contribution in [0.2, 0.25) is 0 Å². The number of hydrogen-bond acceptors (Lipinski definition) is 3. The van der Waals surface area contributed by atoms with Gasteiger partial charge in [0.15, 0.2) is 0 Å². The summed E-state index contributed by atoms with van der Waals surface area (Å²) in [6, 6.07) is 5.92. The first-order chi connectivity index (χ1) is 8.08. The maximum absolute atomic E-state index is 10.7. The third-order valence-electron chi connectivity index (χ3n) is 3.51. The zero-order chi connectivity index (χ0) is 12.5. The molecule has 1 unspecified atom stereocenters. The van der Waals surface area contributed by atoms with Crippen molar-refractivity contribution in [1.29, 1.82) is 0 Å². The molecular weight excluding hydrogens is 216 g/mol. The van der Waals surface area contributed by atoms with Crippen LogP contribution in [0.25, 0.3) is 0 Å². The summed E-state index contributed by atoms with van der Waals surface area (Å²) < 4.78 is 10.6. The smallest absolute Gasteiger partial charge is 0.122 e. The van der Waals surface area contributed by atoms with E-state index in [0.29, 0.717) is 6.61 Å². The van der Waals surface area contributed by atoms with Gasteiger partial charge in [-0.1, -0.05) is 19.9 Å². The second kappa shape index (κ2) is 4.67. The normalized spacial score (nSPS) is 17.7. The lowest BCUT2D eigenvalue weighted by Gasteiger charge is -2.32. The average molecular weight is 236 g/mol. The van der Waals surface area contributed by atoms with E-state index < -0.39 is 5.60 Å². The number of hydrogen-bond donors (Lipinski definition) is 1. The molecule has 1 atom stereocenters. The Morgan fingerprint density at radius 3 is 2.88 bits per heavy atom. The van der Waals surface area contributed by atoms with Crippen LogP contribution in [0.5, 0.6) is 5.75 Å². The highest BCUT2D eigenvalue weighted by molar-refractivity contribution is 5.41. The Hall–Kier alpha value is -1.06. The minimum atomic E-state index is -0.924. The molecule has 0 saturated carbocycles. The maximum atomic E-state index is 10.7. The maximum Gasteiger partial charge on any atom is 0.122 e. The Labute approximate surface area is 102 Å². The van der Waals surface area contributed by atoms with Gasteiger partial charge in [0.2, 0.25) is 0 Å². The molecule has 0 amide bonds. The molecule has 2 rings (SSSR count). The lowest BCUT2D eigenvalue weighted by atomic mass is 9.83. The topological polar surface area (TPSA) is 38.7 Å². The summed E-state index contributed by atoms with van der Waals surface area (Å²) >= 11 is 0. The summed E-state index contributed by atoms with van der Waals surface area (Å²) in [5.41, 5.74) is 1.17. The zero-order valence-corrected chi connectivity index (χ0v) is 10.7. The minimum absolute atomic E-state index is 0.0998. The first kappa shape index (κ1) is 12.4. The van der Waals surface area contributed by atoms with Gasteiger partial charge in [-0.15, -0.1) is 0 Å². The zero-order valence-electron chi connectivity index (χ0n) is 10.7. The van der Waals surface area contributed by atoms with Crippen LogP contribution in [0.15, 0.2) is 18.2 Å². The van der Waals surface area contributed by atoms with Gasteiger partial charge in [0.25, 0.3) is 0 Å². The van der Waals surface area contributed by atoms with Crippen molar-refractivity contribution in [2.45, 2.75) is 25.9 Å². The van der Waals surface area contributed by atoms with Crippen molar-refractivity contribution in [3.63, 3.8) is 0 Å². The number of methoxy groups -OCH3 is 1. The second-order valence-electron chi connectivity index (χ2n) is 4.93. The molecule has 1 aromatic rings. The van der Waals surface area contributed by atoms with Crippen LogP contribution >= 0.6 is 0 Å². The van der Waals surface area contributed by atoms with Crippen molar-refractivity contribution >= 4 is 0 Å². The van der Waals surface area contributed by atoms with E-state index >= 15 is 0 Å². The lowest BCUT2D eigenvalue weighted by Crippen LogP contribution is -2.36. The number of ether oxygens (including phenoxy) is 2. The fourth-order valence-corrected chi connectivity index (χ4v) is 2.26. The molecule has 3 nitrogen and oxygen atoms in total. The highest BCUT2D eigenvalue weighted by Crippen LogP contribution is 2.34. The van der Waals surface area contributed by atoms with Gasteiger partial charge < -0.3 is 14.6 Å². The van der Waals surface area contributed by atoms with Gasteiger partial charge in [0, 0.05) is 13.5 Å². The van der Waals surface area contributed by atoms with Crippen molar-refractivity contribution in [2.24, 2.45) is 5.92 Å². The quantitative estimate of drug-likeness (QED) is 0.870. The molecule has 1 N–H and O–H groups in total. The molecule has 0 bridgehead atoms. The van der Waals surface area contributed by atoms with E-state index in [1.165, 1.54) is 5.56 Å². The lowest BCUT2D eigenvalue weighted by molar-refractivity contribution is -0.0700. The van der Waals surface area contributed by atoms with Gasteiger partial charge in [0.05, 0.1) is 13.2 Å². The summed E-state index contributed by atoms with van der Waals surface area (Å²) in [6.07, 6.45) is 0.921. The summed E-state index contributed by atoms with van der Waals surface area (Å²) in [7, 11) is 1.61. The van der Waals surface area contributed by atoms with E-state index in [1.807, 2.05) is 32.0 Å². The van der Waals surface area contributed by atoms with Crippen molar-refractivity contribution in [2.75, 3.05) is 20.3 Å². The highest BCUT2D eigenvalue weighted by Gasteiger charge is 2.34. The Morgan fingerprint density at radius 1 is 1.47 bits per heavy atom. The monoisotopic (exact) mass is 236 g/mol. The van der Waals surface area contributed by atoms with E-state index in [0.717, 1.165) is 24.3 Å². The summed E-state index contributed by atoms with van der Waals surface area (Å²) in [5.74, 6) is 1.04. The molecule has 1 aliphatic rings. The van der Waals surface area contributed by atoms with Crippen molar-refractivity contribution < 1.29 is 14.6 Å². The summed E-state index contributed by atoms with van der Waals surface area (Å²) in [4.78, 5) is 0. The first-order valence-corrected chi connectivity index (χ1v) is 6.05. The predicted molar refractivity (Wildman–Crippen MR) is 66.3 cm³/mol. The fraction of sp³-hybridized carbons (Fsp3) is 0.571. The molecule has 17 heavy (non-hydrogen) atoms. The van der Waals surface area contributed by atoms with E-state index in [9.17, 15) is 5.11 Å². The van der Waals surface area contributed by atoms with Crippen LogP contribution in [0, 0.1) is 5.92 Å². The Kier molecular flexibility index (Phi) is 3.40. The average Bonchev–Trinajstić information content (AvgIpc) is 2.75. The molecule has 0 aromatic heterocycles. The predicted octanol–water partition coefficient (Wildman–Crippen LogP) is 2.11. The molecular formula is C14H20O3. The molecule has 0 radical (unpaired) electrons. The number of benzene rings is 1. The van der Waals surface area contributed by atoms with Crippen molar-refractivity contribution in [3.8, 4) is 5.75 Å². The van der Waals surface area contributed by atoms with Gasteiger partial charge in [-0.05, 0) is 29.2 Å². The third kappa shape index (κ3) is 2.17. The largest absolute Gasteiger partial charge is 0.493 e. The van der Waals surface area contributed by atoms with Crippen LogP contribution in [0.3, 0.4) is 0 Å². The van der Waals surface area contributed by atoms with Crippen LogP contribution in [0.1, 0.15) is 25.0 Å². The summed E-state index contributed by atoms with van der Waals surface area (Å²) in [6.45, 7) is 5.05. The Bertz CT molecular complexity index is 400. The molecule has 0 fully saturated rings. The van der Waals surface area contributed by atoms with Gasteiger partial charge in [-0.25, -0.2) is 0 Å². The van der Waals surface area contributed by atoms with E-state index in [1.54, 1.807) is 7.11 Å². The standard InChI is InChI=1S/C14H20O3/c1-10(2)14(15,9-16-3)12-4-5-13-11(8-12)6-7-17-13/h4-5,8,10,15H,6-7,9H2,1-3H3. The van der Waals surface area contributed by atoms with Gasteiger partial charge in [0.1, 0.15) is 11.4 Å². The fourth-order valence-electron chi connectivity index (χ4n) is 2.26. The molecule has 94 valence electrons. The van der Waals surface area contributed by atoms with E-state index in [4.69, 9.17) is 9.47 Å². The third-order valence-corrected chi connectivity index (χ3v) is 3.51. The number of aliphatic hydroxyl groups is 1. The molecule has 0 aliphatic carbocycles. The molecule has 1 heterocycles. The van der Waals surface area contributed by atoms with Crippen LogP contribution in [0.4, 0.5) is 0 Å². The number of fused-ring (bicyclic) bond motifs is 1. The Morgan fingerprint density at radius 2 is 2.24 bits per heavy atom. The Balaban J connectivity index is 2.37. The molecule has 3 heteroatoms. The van der Waals surface area contributed by atoms with Crippen molar-refractivity contribution in [3.05, 3.63) is 29.3 Å². The van der Waals surface area contributed by atoms with Crippen LogP contribution in [-0.4, -0.2) is 25.4 Å². The SMILES string of the molecule is COCC(O)(c1ccc2c(c1)CCO2)C(C)C. The van der Waals surface area contributed by atoms with E-state index in [2.05, 4.69) is 0 Å². The highest BCUT2D eigenvalue weighted by atomic mass is 16.5. The van der Waals surface area contributed by atoms with Crippen molar-refractivity contribution in [1.82, 2.24) is 0 Å². The van der Waals surface area contributed by atoms with Crippen LogP contribution < -0.4 is 4.74 Å². The first-order valence-electron chi connectivity index (χ1n) is 6.05. The number of rotatable bonds is 4. The summed E-state index contributed by atoms with van der Waals surface area (Å²) in [5, 5.41) is 10.7.